The molecule has 0 heterocycles. The second-order valence-corrected chi connectivity index (χ2v) is 8.65. The van der Waals surface area contributed by atoms with Crippen LogP contribution in [0.1, 0.15) is 18.1 Å². The van der Waals surface area contributed by atoms with Gasteiger partial charge in [0.15, 0.2) is 0 Å². The van der Waals surface area contributed by atoms with E-state index >= 15 is 0 Å². The van der Waals surface area contributed by atoms with Crippen LogP contribution in [0.5, 0.6) is 0 Å². The first-order chi connectivity index (χ1) is 12.0. The molecule has 0 fully saturated rings. The van der Waals surface area contributed by atoms with E-state index in [0.29, 0.717) is 5.56 Å². The van der Waals surface area contributed by atoms with Gasteiger partial charge in [-0.2, -0.15) is 0 Å². The van der Waals surface area contributed by atoms with Crippen molar-refractivity contribution in [2.75, 3.05) is 0 Å². The highest BCUT2D eigenvalue weighted by Gasteiger charge is 2.61. The van der Waals surface area contributed by atoms with Gasteiger partial charge in [-0.05, 0) is 18.1 Å². The summed E-state index contributed by atoms with van der Waals surface area (Å²) >= 11 is 18.1. The summed E-state index contributed by atoms with van der Waals surface area (Å²) in [6, 6.07) is 16.7. The number of aliphatic hydroxyl groups is 2. The first-order valence-electron chi connectivity index (χ1n) is 7.84. The van der Waals surface area contributed by atoms with Crippen LogP contribution in [-0.4, -0.2) is 30.7 Å². The molecule has 0 amide bonds. The molecule has 0 aliphatic rings. The topological polar surface area (TPSA) is 77.8 Å². The standard InChI is InChI=1S/C19H19Cl3O4/c1-17(25,14-10-6-3-7-11-14)15(16(23)24)18(26,19(20,21)22)12-13-8-4-2-5-9-13/h2-11,15,25-26H,12H2,1H3,(H,23,24). The van der Waals surface area contributed by atoms with Gasteiger partial charge in [0.25, 0.3) is 0 Å². The summed E-state index contributed by atoms with van der Waals surface area (Å²) < 4.78 is -2.37. The Kier molecular flexibility index (Phi) is 6.26. The van der Waals surface area contributed by atoms with Gasteiger partial charge in [-0.1, -0.05) is 95.5 Å². The van der Waals surface area contributed by atoms with Gasteiger partial charge in [-0.25, -0.2) is 0 Å². The van der Waals surface area contributed by atoms with Crippen LogP contribution >= 0.6 is 34.8 Å². The van der Waals surface area contributed by atoms with Crippen LogP contribution < -0.4 is 0 Å². The summed E-state index contributed by atoms with van der Waals surface area (Å²) in [7, 11) is 0. The minimum atomic E-state index is -2.38. The zero-order valence-corrected chi connectivity index (χ0v) is 16.2. The molecule has 0 spiro atoms. The van der Waals surface area contributed by atoms with Crippen LogP contribution in [-0.2, 0) is 16.8 Å². The fourth-order valence-corrected chi connectivity index (χ4v) is 3.65. The number of carboxylic acids is 1. The Labute approximate surface area is 166 Å². The number of aliphatic carboxylic acids is 1. The molecule has 140 valence electrons. The van der Waals surface area contributed by atoms with E-state index in [1.165, 1.54) is 6.92 Å². The van der Waals surface area contributed by atoms with Crippen LogP contribution in [0.15, 0.2) is 60.7 Å². The third-order valence-corrected chi connectivity index (χ3v) is 5.43. The summed E-state index contributed by atoms with van der Waals surface area (Å²) in [5.41, 5.74) is -3.53. The maximum absolute atomic E-state index is 12.1. The molecule has 3 N–H and O–H groups in total. The van der Waals surface area contributed by atoms with Gasteiger partial charge >= 0.3 is 5.97 Å². The number of benzene rings is 2. The number of carboxylic acid groups (broad SMARTS) is 1. The fraction of sp³-hybridized carbons (Fsp3) is 0.316. The molecule has 4 nitrogen and oxygen atoms in total. The van der Waals surface area contributed by atoms with Crippen LogP contribution in [0.2, 0.25) is 0 Å². The highest BCUT2D eigenvalue weighted by atomic mass is 35.6. The van der Waals surface area contributed by atoms with Gasteiger partial charge in [0, 0.05) is 6.42 Å². The fourth-order valence-electron chi connectivity index (χ4n) is 3.12. The molecule has 26 heavy (non-hydrogen) atoms. The molecule has 0 bridgehead atoms. The molecule has 7 heteroatoms. The molecule has 2 aromatic carbocycles. The number of carbonyl (C=O) groups is 1. The van der Waals surface area contributed by atoms with Crippen molar-refractivity contribution in [3.8, 4) is 0 Å². The van der Waals surface area contributed by atoms with E-state index in [2.05, 4.69) is 0 Å². The van der Waals surface area contributed by atoms with Crippen LogP contribution in [0.4, 0.5) is 0 Å². The monoisotopic (exact) mass is 416 g/mol. The minimum Gasteiger partial charge on any atom is -0.481 e. The largest absolute Gasteiger partial charge is 0.481 e. The molecule has 2 rings (SSSR count). The van der Waals surface area contributed by atoms with Crippen LogP contribution in [0.3, 0.4) is 0 Å². The van der Waals surface area contributed by atoms with Gasteiger partial charge in [0.05, 0.1) is 0 Å². The van der Waals surface area contributed by atoms with Crippen molar-refractivity contribution in [3.05, 3.63) is 71.8 Å². The lowest BCUT2D eigenvalue weighted by atomic mass is 9.71. The Morgan fingerprint density at radius 2 is 1.42 bits per heavy atom. The molecule has 0 saturated carbocycles. The number of hydrogen-bond donors (Lipinski definition) is 3. The zero-order chi connectivity index (χ0) is 19.6. The molecule has 3 unspecified atom stereocenters. The second-order valence-electron chi connectivity index (χ2n) is 6.37. The molecular formula is C19H19Cl3O4. The highest BCUT2D eigenvalue weighted by Crippen LogP contribution is 2.50. The Morgan fingerprint density at radius 3 is 1.85 bits per heavy atom. The Hall–Kier alpha value is -1.30. The van der Waals surface area contributed by atoms with Crippen LogP contribution in [0.25, 0.3) is 0 Å². The van der Waals surface area contributed by atoms with Crippen molar-refractivity contribution < 1.29 is 20.1 Å². The van der Waals surface area contributed by atoms with Gasteiger partial charge in [0.1, 0.15) is 17.1 Å². The van der Waals surface area contributed by atoms with E-state index in [9.17, 15) is 20.1 Å². The van der Waals surface area contributed by atoms with Crippen molar-refractivity contribution in [2.45, 2.75) is 28.3 Å². The third-order valence-electron chi connectivity index (χ3n) is 4.45. The van der Waals surface area contributed by atoms with Gasteiger partial charge < -0.3 is 15.3 Å². The number of hydrogen-bond acceptors (Lipinski definition) is 3. The lowest BCUT2D eigenvalue weighted by molar-refractivity contribution is -0.174. The van der Waals surface area contributed by atoms with E-state index in [1.54, 1.807) is 60.7 Å². The number of alkyl halides is 3. The molecular weight excluding hydrogens is 399 g/mol. The molecule has 0 aliphatic carbocycles. The summed E-state index contributed by atoms with van der Waals surface area (Å²) in [4.78, 5) is 12.1. The highest BCUT2D eigenvalue weighted by molar-refractivity contribution is 6.68. The summed E-state index contributed by atoms with van der Waals surface area (Å²) in [5, 5.41) is 32.2. The first-order valence-corrected chi connectivity index (χ1v) is 8.97. The van der Waals surface area contributed by atoms with Crippen molar-refractivity contribution in [1.82, 2.24) is 0 Å². The van der Waals surface area contributed by atoms with Crippen LogP contribution in [0, 0.1) is 5.92 Å². The van der Waals surface area contributed by atoms with E-state index in [4.69, 9.17) is 34.8 Å². The first kappa shape index (κ1) is 21.0. The Balaban J connectivity index is 2.60. The second kappa shape index (κ2) is 7.75. The SMILES string of the molecule is CC(O)(c1ccccc1)C(C(=O)O)C(O)(Cc1ccccc1)C(Cl)(Cl)Cl. The van der Waals surface area contributed by atoms with E-state index in [0.717, 1.165) is 0 Å². The maximum atomic E-state index is 12.1. The number of rotatable bonds is 6. The molecule has 0 aliphatic heterocycles. The van der Waals surface area contributed by atoms with E-state index < -0.39 is 26.9 Å². The predicted octanol–water partition coefficient (Wildman–Crippen LogP) is 3.94. The smallest absolute Gasteiger partial charge is 0.312 e. The van der Waals surface area contributed by atoms with E-state index in [-0.39, 0.29) is 12.0 Å². The van der Waals surface area contributed by atoms with Crippen molar-refractivity contribution in [2.24, 2.45) is 5.92 Å². The van der Waals surface area contributed by atoms with Gasteiger partial charge in [0.2, 0.25) is 3.79 Å². The maximum Gasteiger partial charge on any atom is 0.312 e. The minimum absolute atomic E-state index is 0.274. The van der Waals surface area contributed by atoms with Crippen molar-refractivity contribution >= 4 is 40.8 Å². The Bertz CT molecular complexity index is 744. The normalized spacial score (nSPS) is 17.8. The van der Waals surface area contributed by atoms with Gasteiger partial charge in [-0.15, -0.1) is 0 Å². The quantitative estimate of drug-likeness (QED) is 0.622. The zero-order valence-electron chi connectivity index (χ0n) is 13.9. The molecule has 3 atom stereocenters. The predicted molar refractivity (Wildman–Crippen MR) is 103 cm³/mol. The van der Waals surface area contributed by atoms with Crippen molar-refractivity contribution in [1.29, 1.82) is 0 Å². The molecule has 0 aromatic heterocycles. The molecule has 0 saturated heterocycles. The summed E-state index contributed by atoms with van der Waals surface area (Å²) in [5.74, 6) is -3.30. The van der Waals surface area contributed by atoms with E-state index in [1.807, 2.05) is 0 Å². The molecule has 2 aromatic rings. The lowest BCUT2D eigenvalue weighted by Gasteiger charge is -2.45. The Morgan fingerprint density at radius 1 is 0.962 bits per heavy atom. The van der Waals surface area contributed by atoms with Crippen molar-refractivity contribution in [3.63, 3.8) is 0 Å². The van der Waals surface area contributed by atoms with Gasteiger partial charge in [-0.3, -0.25) is 4.79 Å². The third kappa shape index (κ3) is 4.16. The summed E-state index contributed by atoms with van der Waals surface area (Å²) in [6.45, 7) is 1.29. The lowest BCUT2D eigenvalue weighted by Crippen LogP contribution is -2.60. The average Bonchev–Trinajstić information content (AvgIpc) is 2.55. The summed E-state index contributed by atoms with van der Waals surface area (Å²) in [6.07, 6.45) is -0.274. The number of halogens is 3. The average molecular weight is 418 g/mol. The molecule has 0 radical (unpaired) electrons.